The third-order valence-electron chi connectivity index (χ3n) is 3.63. The summed E-state index contributed by atoms with van der Waals surface area (Å²) in [6.45, 7) is 2.50. The topological polar surface area (TPSA) is 64.7 Å². The van der Waals surface area contributed by atoms with Gasteiger partial charge in [0.2, 0.25) is 0 Å². The molecule has 0 aliphatic rings. The van der Waals surface area contributed by atoms with Crippen LogP contribution in [0.15, 0.2) is 65.7 Å². The Labute approximate surface area is 139 Å². The number of rotatable bonds is 5. The van der Waals surface area contributed by atoms with Crippen molar-refractivity contribution >= 4 is 28.4 Å². The molecule has 0 aliphatic carbocycles. The molecule has 0 aromatic heterocycles. The molecule has 0 atom stereocenters. The van der Waals surface area contributed by atoms with Gasteiger partial charge in [-0.25, -0.2) is 0 Å². The van der Waals surface area contributed by atoms with Crippen molar-refractivity contribution in [2.75, 3.05) is 6.61 Å². The van der Waals surface area contributed by atoms with Gasteiger partial charge in [0.25, 0.3) is 5.69 Å². The fraction of sp³-hybridized carbons (Fsp3) is 0.105. The largest absolute Gasteiger partial charge is 0.493 e. The van der Waals surface area contributed by atoms with Crippen molar-refractivity contribution in [1.29, 1.82) is 0 Å². The summed E-state index contributed by atoms with van der Waals surface area (Å²) in [5.41, 5.74) is 1.60. The molecule has 0 radical (unpaired) electrons. The van der Waals surface area contributed by atoms with Crippen LogP contribution in [0.4, 0.5) is 11.4 Å². The molecule has 0 aliphatic heterocycles. The predicted octanol–water partition coefficient (Wildman–Crippen LogP) is 4.90. The minimum absolute atomic E-state index is 0.0501. The first-order chi connectivity index (χ1) is 11.7. The summed E-state index contributed by atoms with van der Waals surface area (Å²) in [4.78, 5) is 14.7. The molecule has 5 heteroatoms. The van der Waals surface area contributed by atoms with Crippen LogP contribution in [0.1, 0.15) is 12.5 Å². The Kier molecular flexibility index (Phi) is 4.52. The summed E-state index contributed by atoms with van der Waals surface area (Å²) in [6, 6.07) is 18.1. The van der Waals surface area contributed by atoms with Gasteiger partial charge in [-0.1, -0.05) is 30.3 Å². The summed E-state index contributed by atoms with van der Waals surface area (Å²) >= 11 is 0. The minimum Gasteiger partial charge on any atom is -0.493 e. The SMILES string of the molecule is CCOc1ccc2ccccc2c1C=Nc1ccc([N+](=O)[O-])cc1. The van der Waals surface area contributed by atoms with Crippen LogP contribution < -0.4 is 4.74 Å². The molecule has 5 nitrogen and oxygen atoms in total. The highest BCUT2D eigenvalue weighted by Gasteiger charge is 2.07. The van der Waals surface area contributed by atoms with Crippen LogP contribution in [0.2, 0.25) is 0 Å². The van der Waals surface area contributed by atoms with Crippen LogP contribution in [0, 0.1) is 10.1 Å². The van der Waals surface area contributed by atoms with Gasteiger partial charge in [0.1, 0.15) is 5.75 Å². The van der Waals surface area contributed by atoms with Crippen LogP contribution in [-0.4, -0.2) is 17.7 Å². The normalized spacial score (nSPS) is 11.0. The summed E-state index contributed by atoms with van der Waals surface area (Å²) in [5, 5.41) is 12.9. The number of benzene rings is 3. The fourth-order valence-electron chi connectivity index (χ4n) is 2.49. The first-order valence-electron chi connectivity index (χ1n) is 7.62. The molecule has 0 fully saturated rings. The highest BCUT2D eigenvalue weighted by Crippen LogP contribution is 2.27. The second-order valence-electron chi connectivity index (χ2n) is 5.16. The molecule has 24 heavy (non-hydrogen) atoms. The zero-order valence-electron chi connectivity index (χ0n) is 13.2. The fourth-order valence-corrected chi connectivity index (χ4v) is 2.49. The van der Waals surface area contributed by atoms with E-state index in [1.807, 2.05) is 43.3 Å². The van der Waals surface area contributed by atoms with Crippen molar-refractivity contribution in [1.82, 2.24) is 0 Å². The maximum absolute atomic E-state index is 10.7. The molecular formula is C19H16N2O3. The lowest BCUT2D eigenvalue weighted by Gasteiger charge is -2.10. The van der Waals surface area contributed by atoms with Gasteiger partial charge < -0.3 is 4.74 Å². The van der Waals surface area contributed by atoms with E-state index in [0.717, 1.165) is 22.1 Å². The maximum Gasteiger partial charge on any atom is 0.269 e. The molecule has 0 N–H and O–H groups in total. The molecule has 0 amide bonds. The van der Waals surface area contributed by atoms with Crippen molar-refractivity contribution in [3.05, 3.63) is 76.3 Å². The lowest BCUT2D eigenvalue weighted by atomic mass is 10.0. The average Bonchev–Trinajstić information content (AvgIpc) is 2.61. The average molecular weight is 320 g/mol. The monoisotopic (exact) mass is 320 g/mol. The van der Waals surface area contributed by atoms with Gasteiger partial charge in [-0.05, 0) is 35.9 Å². The van der Waals surface area contributed by atoms with E-state index in [2.05, 4.69) is 4.99 Å². The van der Waals surface area contributed by atoms with Gasteiger partial charge in [-0.3, -0.25) is 15.1 Å². The van der Waals surface area contributed by atoms with Crippen LogP contribution >= 0.6 is 0 Å². The van der Waals surface area contributed by atoms with Crippen molar-refractivity contribution in [2.45, 2.75) is 6.92 Å². The number of ether oxygens (including phenoxy) is 1. The highest BCUT2D eigenvalue weighted by atomic mass is 16.6. The standard InChI is InChI=1S/C19H16N2O3/c1-2-24-19-12-7-14-5-3-4-6-17(14)18(19)13-20-15-8-10-16(11-9-15)21(22)23/h3-13H,2H2,1H3. The number of nitro groups is 1. The van der Waals surface area contributed by atoms with Gasteiger partial charge in [-0.15, -0.1) is 0 Å². The molecule has 3 aromatic carbocycles. The molecule has 0 unspecified atom stereocenters. The Balaban J connectivity index is 2.01. The van der Waals surface area contributed by atoms with E-state index in [0.29, 0.717) is 12.3 Å². The second kappa shape index (κ2) is 6.91. The minimum atomic E-state index is -0.425. The lowest BCUT2D eigenvalue weighted by molar-refractivity contribution is -0.384. The first-order valence-corrected chi connectivity index (χ1v) is 7.62. The van der Waals surface area contributed by atoms with E-state index in [4.69, 9.17) is 4.74 Å². The molecule has 0 bridgehead atoms. The van der Waals surface area contributed by atoms with E-state index in [1.165, 1.54) is 12.1 Å². The smallest absolute Gasteiger partial charge is 0.269 e. The number of non-ortho nitro benzene ring substituents is 1. The summed E-state index contributed by atoms with van der Waals surface area (Å²) in [6.07, 6.45) is 1.74. The predicted molar refractivity (Wildman–Crippen MR) is 95.5 cm³/mol. The Hall–Kier alpha value is -3.21. The van der Waals surface area contributed by atoms with Crippen LogP contribution in [0.3, 0.4) is 0 Å². The molecule has 0 spiro atoms. The highest BCUT2D eigenvalue weighted by molar-refractivity contribution is 6.03. The van der Waals surface area contributed by atoms with E-state index < -0.39 is 4.92 Å². The molecule has 0 saturated heterocycles. The van der Waals surface area contributed by atoms with Crippen LogP contribution in [0.25, 0.3) is 10.8 Å². The molecule has 3 aromatic rings. The van der Waals surface area contributed by atoms with E-state index >= 15 is 0 Å². The second-order valence-corrected chi connectivity index (χ2v) is 5.16. The summed E-state index contributed by atoms with van der Waals surface area (Å²) in [5.74, 6) is 0.766. The molecule has 0 saturated carbocycles. The zero-order chi connectivity index (χ0) is 16.9. The number of fused-ring (bicyclic) bond motifs is 1. The Morgan fingerprint density at radius 2 is 1.83 bits per heavy atom. The Bertz CT molecular complexity index is 902. The first kappa shape index (κ1) is 15.7. The maximum atomic E-state index is 10.7. The van der Waals surface area contributed by atoms with E-state index in [9.17, 15) is 10.1 Å². The van der Waals surface area contributed by atoms with Crippen LogP contribution in [0.5, 0.6) is 5.75 Å². The van der Waals surface area contributed by atoms with Crippen molar-refractivity contribution < 1.29 is 9.66 Å². The van der Waals surface area contributed by atoms with Crippen molar-refractivity contribution in [2.24, 2.45) is 4.99 Å². The number of hydrogen-bond donors (Lipinski definition) is 0. The lowest BCUT2D eigenvalue weighted by Crippen LogP contribution is -1.97. The molecule has 0 heterocycles. The number of nitrogens with zero attached hydrogens (tertiary/aromatic N) is 2. The summed E-state index contributed by atoms with van der Waals surface area (Å²) in [7, 11) is 0. The quantitative estimate of drug-likeness (QED) is 0.381. The number of aliphatic imine (C=N–C) groups is 1. The van der Waals surface area contributed by atoms with Gasteiger partial charge in [-0.2, -0.15) is 0 Å². The van der Waals surface area contributed by atoms with Crippen molar-refractivity contribution in [3.63, 3.8) is 0 Å². The van der Waals surface area contributed by atoms with E-state index in [1.54, 1.807) is 18.3 Å². The summed E-state index contributed by atoms with van der Waals surface area (Å²) < 4.78 is 5.70. The van der Waals surface area contributed by atoms with Gasteiger partial charge in [0, 0.05) is 23.9 Å². The Morgan fingerprint density at radius 1 is 1.08 bits per heavy atom. The van der Waals surface area contributed by atoms with Crippen molar-refractivity contribution in [3.8, 4) is 5.75 Å². The number of hydrogen-bond acceptors (Lipinski definition) is 4. The third kappa shape index (κ3) is 3.25. The zero-order valence-corrected chi connectivity index (χ0v) is 13.2. The molecule has 120 valence electrons. The molecule has 3 rings (SSSR count). The van der Waals surface area contributed by atoms with Gasteiger partial charge >= 0.3 is 0 Å². The van der Waals surface area contributed by atoms with Gasteiger partial charge in [0.15, 0.2) is 0 Å². The Morgan fingerprint density at radius 3 is 2.54 bits per heavy atom. The molecular weight excluding hydrogens is 304 g/mol. The third-order valence-corrected chi connectivity index (χ3v) is 3.63. The van der Waals surface area contributed by atoms with Gasteiger partial charge in [0.05, 0.1) is 17.2 Å². The van der Waals surface area contributed by atoms with Crippen LogP contribution in [-0.2, 0) is 0 Å². The number of nitro benzene ring substituents is 1. The van der Waals surface area contributed by atoms with E-state index in [-0.39, 0.29) is 5.69 Å².